The second kappa shape index (κ2) is 6.79. The summed E-state index contributed by atoms with van der Waals surface area (Å²) in [5.41, 5.74) is -0.331. The van der Waals surface area contributed by atoms with Crippen molar-refractivity contribution >= 4 is 5.97 Å². The molecule has 0 radical (unpaired) electrons. The molecule has 0 saturated carbocycles. The predicted molar refractivity (Wildman–Crippen MR) is 55.2 cm³/mol. The molecule has 0 aliphatic carbocycles. The maximum Gasteiger partial charge on any atom is 0.307 e. The SMILES string of the molecule is CCOCC(C)(CC(=O)OCC)NC. The zero-order valence-electron chi connectivity index (χ0n) is 9.55. The lowest BCUT2D eigenvalue weighted by atomic mass is 9.99. The molecule has 1 atom stereocenters. The summed E-state index contributed by atoms with van der Waals surface area (Å²) in [5, 5.41) is 3.08. The highest BCUT2D eigenvalue weighted by atomic mass is 16.5. The Morgan fingerprint density at radius 2 is 2.00 bits per heavy atom. The van der Waals surface area contributed by atoms with E-state index in [-0.39, 0.29) is 11.5 Å². The maximum atomic E-state index is 11.3. The number of carbonyl (C=O) groups excluding carboxylic acids is 1. The summed E-state index contributed by atoms with van der Waals surface area (Å²) < 4.78 is 10.2. The number of hydrogen-bond acceptors (Lipinski definition) is 4. The molecule has 0 bridgehead atoms. The van der Waals surface area contributed by atoms with Gasteiger partial charge in [0.25, 0.3) is 0 Å². The zero-order chi connectivity index (χ0) is 11.0. The van der Waals surface area contributed by atoms with E-state index < -0.39 is 0 Å². The van der Waals surface area contributed by atoms with Gasteiger partial charge in [0, 0.05) is 12.1 Å². The van der Waals surface area contributed by atoms with Crippen molar-refractivity contribution in [3.63, 3.8) is 0 Å². The fraction of sp³-hybridized carbons (Fsp3) is 0.900. The lowest BCUT2D eigenvalue weighted by Gasteiger charge is -2.27. The summed E-state index contributed by atoms with van der Waals surface area (Å²) in [5.74, 6) is -0.191. The van der Waals surface area contributed by atoms with Crippen LogP contribution >= 0.6 is 0 Å². The van der Waals surface area contributed by atoms with Crippen LogP contribution in [0.15, 0.2) is 0 Å². The highest BCUT2D eigenvalue weighted by Gasteiger charge is 2.26. The normalized spacial score (nSPS) is 14.9. The molecule has 1 unspecified atom stereocenters. The van der Waals surface area contributed by atoms with E-state index in [9.17, 15) is 4.79 Å². The number of hydrogen-bond donors (Lipinski definition) is 1. The van der Waals surface area contributed by atoms with Gasteiger partial charge in [0.2, 0.25) is 0 Å². The van der Waals surface area contributed by atoms with Crippen LogP contribution in [0.4, 0.5) is 0 Å². The van der Waals surface area contributed by atoms with Crippen LogP contribution in [0.25, 0.3) is 0 Å². The minimum Gasteiger partial charge on any atom is -0.466 e. The fourth-order valence-electron chi connectivity index (χ4n) is 1.07. The van der Waals surface area contributed by atoms with Gasteiger partial charge in [0.05, 0.1) is 19.6 Å². The third-order valence-corrected chi connectivity index (χ3v) is 2.07. The molecule has 0 aromatic heterocycles. The highest BCUT2D eigenvalue weighted by molar-refractivity contribution is 5.70. The summed E-state index contributed by atoms with van der Waals surface area (Å²) in [6.45, 7) is 7.27. The number of rotatable bonds is 7. The third-order valence-electron chi connectivity index (χ3n) is 2.07. The topological polar surface area (TPSA) is 47.6 Å². The van der Waals surface area contributed by atoms with Crippen molar-refractivity contribution in [3.8, 4) is 0 Å². The van der Waals surface area contributed by atoms with Crippen LogP contribution in [0.1, 0.15) is 27.2 Å². The summed E-state index contributed by atoms with van der Waals surface area (Å²) in [6, 6.07) is 0. The highest BCUT2D eigenvalue weighted by Crippen LogP contribution is 2.10. The van der Waals surface area contributed by atoms with E-state index in [0.29, 0.717) is 26.2 Å². The number of nitrogens with one attached hydrogen (secondary N) is 1. The second-order valence-corrected chi connectivity index (χ2v) is 3.43. The molecule has 0 aromatic carbocycles. The molecule has 4 heteroatoms. The Balaban J connectivity index is 4.03. The van der Waals surface area contributed by atoms with Crippen molar-refractivity contribution in [2.45, 2.75) is 32.7 Å². The van der Waals surface area contributed by atoms with E-state index in [0.717, 1.165) is 0 Å². The van der Waals surface area contributed by atoms with Gasteiger partial charge in [-0.05, 0) is 27.8 Å². The average Bonchev–Trinajstić information content (AvgIpc) is 2.15. The molecule has 0 fully saturated rings. The molecular weight excluding hydrogens is 182 g/mol. The van der Waals surface area contributed by atoms with Crippen molar-refractivity contribution in [2.75, 3.05) is 26.9 Å². The van der Waals surface area contributed by atoms with E-state index >= 15 is 0 Å². The molecule has 0 spiro atoms. The maximum absolute atomic E-state index is 11.3. The van der Waals surface area contributed by atoms with Crippen LogP contribution in [0.2, 0.25) is 0 Å². The van der Waals surface area contributed by atoms with E-state index in [2.05, 4.69) is 5.32 Å². The molecule has 0 rings (SSSR count). The van der Waals surface area contributed by atoms with Crippen molar-refractivity contribution in [3.05, 3.63) is 0 Å². The van der Waals surface area contributed by atoms with Crippen molar-refractivity contribution < 1.29 is 14.3 Å². The Morgan fingerprint density at radius 1 is 1.36 bits per heavy atom. The standard InChI is InChI=1S/C10H21NO3/c1-5-13-8-10(3,11-4)7-9(12)14-6-2/h11H,5-8H2,1-4H3. The van der Waals surface area contributed by atoms with Crippen molar-refractivity contribution in [1.82, 2.24) is 5.32 Å². The zero-order valence-corrected chi connectivity index (χ0v) is 9.55. The van der Waals surface area contributed by atoms with E-state index in [1.807, 2.05) is 20.9 Å². The van der Waals surface area contributed by atoms with Crippen LogP contribution in [0, 0.1) is 0 Å². The molecule has 0 aromatic rings. The van der Waals surface area contributed by atoms with E-state index in [4.69, 9.17) is 9.47 Å². The summed E-state index contributed by atoms with van der Waals surface area (Å²) in [4.78, 5) is 11.3. The lowest BCUT2D eigenvalue weighted by molar-refractivity contribution is -0.145. The van der Waals surface area contributed by atoms with Crippen LogP contribution in [0.5, 0.6) is 0 Å². The summed E-state index contributed by atoms with van der Waals surface area (Å²) in [6.07, 6.45) is 0.331. The molecule has 0 saturated heterocycles. The average molecular weight is 203 g/mol. The first-order valence-corrected chi connectivity index (χ1v) is 5.00. The number of carbonyl (C=O) groups is 1. The molecule has 0 aliphatic rings. The van der Waals surface area contributed by atoms with Gasteiger partial charge in [-0.1, -0.05) is 0 Å². The smallest absolute Gasteiger partial charge is 0.307 e. The number of ether oxygens (including phenoxy) is 2. The largest absolute Gasteiger partial charge is 0.466 e. The van der Waals surface area contributed by atoms with Crippen molar-refractivity contribution in [2.24, 2.45) is 0 Å². The molecule has 0 amide bonds. The van der Waals surface area contributed by atoms with Gasteiger partial charge in [0.1, 0.15) is 0 Å². The minimum absolute atomic E-state index is 0.191. The van der Waals surface area contributed by atoms with Gasteiger partial charge in [-0.2, -0.15) is 0 Å². The second-order valence-electron chi connectivity index (χ2n) is 3.43. The molecule has 14 heavy (non-hydrogen) atoms. The van der Waals surface area contributed by atoms with Crippen LogP contribution in [-0.4, -0.2) is 38.4 Å². The third kappa shape index (κ3) is 5.19. The molecule has 4 nitrogen and oxygen atoms in total. The van der Waals surface area contributed by atoms with Gasteiger partial charge in [-0.25, -0.2) is 0 Å². The minimum atomic E-state index is -0.331. The van der Waals surface area contributed by atoms with E-state index in [1.54, 1.807) is 6.92 Å². The first-order chi connectivity index (χ1) is 6.58. The van der Waals surface area contributed by atoms with Gasteiger partial charge in [0.15, 0.2) is 0 Å². The van der Waals surface area contributed by atoms with Crippen LogP contribution < -0.4 is 5.32 Å². The fourth-order valence-corrected chi connectivity index (χ4v) is 1.07. The van der Waals surface area contributed by atoms with Gasteiger partial charge < -0.3 is 14.8 Å². The molecule has 0 heterocycles. The quantitative estimate of drug-likeness (QED) is 0.626. The van der Waals surface area contributed by atoms with Crippen LogP contribution in [-0.2, 0) is 14.3 Å². The molecule has 0 aliphatic heterocycles. The summed E-state index contributed by atoms with van der Waals surface area (Å²) in [7, 11) is 1.82. The summed E-state index contributed by atoms with van der Waals surface area (Å²) >= 11 is 0. The Bertz CT molecular complexity index is 173. The van der Waals surface area contributed by atoms with Crippen LogP contribution in [0.3, 0.4) is 0 Å². The van der Waals surface area contributed by atoms with Gasteiger partial charge in [-0.3, -0.25) is 4.79 Å². The molecular formula is C10H21NO3. The monoisotopic (exact) mass is 203 g/mol. The Kier molecular flexibility index (Phi) is 6.49. The first-order valence-electron chi connectivity index (χ1n) is 5.00. The Morgan fingerprint density at radius 3 is 2.43 bits per heavy atom. The Labute approximate surface area is 86.0 Å². The first kappa shape index (κ1) is 13.4. The molecule has 1 N–H and O–H groups in total. The molecule has 84 valence electrons. The number of esters is 1. The Hall–Kier alpha value is -0.610. The number of likely N-dealkylation sites (N-methyl/N-ethyl adjacent to an activating group) is 1. The van der Waals surface area contributed by atoms with Crippen molar-refractivity contribution in [1.29, 1.82) is 0 Å². The van der Waals surface area contributed by atoms with E-state index in [1.165, 1.54) is 0 Å². The lowest BCUT2D eigenvalue weighted by Crippen LogP contribution is -2.46. The van der Waals surface area contributed by atoms with Gasteiger partial charge in [-0.15, -0.1) is 0 Å². The van der Waals surface area contributed by atoms with Gasteiger partial charge >= 0.3 is 5.97 Å². The predicted octanol–water partition coefficient (Wildman–Crippen LogP) is 0.954.